The van der Waals surface area contributed by atoms with Crippen LogP contribution in [0, 0.1) is 0 Å². The van der Waals surface area contributed by atoms with Crippen molar-refractivity contribution in [3.8, 4) is 23.1 Å². The number of hydrogen-bond donors (Lipinski definition) is 1. The van der Waals surface area contributed by atoms with Crippen LogP contribution in [0.1, 0.15) is 29.2 Å². The molecule has 3 heterocycles. The number of esters is 1. The summed E-state index contributed by atoms with van der Waals surface area (Å²) in [5, 5.41) is 11.8. The minimum Gasteiger partial charge on any atom is -0.465 e. The highest BCUT2D eigenvalue weighted by Gasteiger charge is 2.20. The van der Waals surface area contributed by atoms with Crippen molar-refractivity contribution >= 4 is 5.97 Å². The zero-order chi connectivity index (χ0) is 17.9. The molecule has 1 unspecified atom stereocenters. The van der Waals surface area contributed by atoms with Gasteiger partial charge in [-0.15, -0.1) is 5.10 Å². The molecule has 9 heteroatoms. The number of nitrogens with one attached hydrogen (secondary N) is 1. The molecule has 0 saturated carbocycles. The van der Waals surface area contributed by atoms with Crippen molar-refractivity contribution in [3.05, 3.63) is 36.2 Å². The van der Waals surface area contributed by atoms with Crippen LogP contribution in [0.15, 0.2) is 35.1 Å². The minimum atomic E-state index is -0.419. The van der Waals surface area contributed by atoms with Gasteiger partial charge in [-0.2, -0.15) is 4.98 Å². The summed E-state index contributed by atoms with van der Waals surface area (Å²) in [7, 11) is 1.34. The molecule has 0 spiro atoms. The lowest BCUT2D eigenvalue weighted by atomic mass is 10.1. The summed E-state index contributed by atoms with van der Waals surface area (Å²) in [6.07, 6.45) is 3.86. The first-order valence-corrected chi connectivity index (χ1v) is 8.39. The van der Waals surface area contributed by atoms with E-state index >= 15 is 0 Å². The number of aromatic nitrogens is 5. The number of benzene rings is 1. The van der Waals surface area contributed by atoms with Crippen molar-refractivity contribution in [2.24, 2.45) is 0 Å². The molecule has 1 aliphatic rings. The van der Waals surface area contributed by atoms with Crippen LogP contribution in [0.4, 0.5) is 0 Å². The van der Waals surface area contributed by atoms with Gasteiger partial charge in [-0.3, -0.25) is 0 Å². The van der Waals surface area contributed by atoms with Gasteiger partial charge in [0.25, 0.3) is 5.89 Å². The van der Waals surface area contributed by atoms with Crippen LogP contribution in [0.25, 0.3) is 23.1 Å². The third-order valence-corrected chi connectivity index (χ3v) is 4.31. The predicted molar refractivity (Wildman–Crippen MR) is 91.2 cm³/mol. The van der Waals surface area contributed by atoms with Gasteiger partial charge in [0, 0.05) is 12.1 Å². The molecule has 9 nitrogen and oxygen atoms in total. The highest BCUT2D eigenvalue weighted by Crippen LogP contribution is 2.22. The van der Waals surface area contributed by atoms with E-state index in [-0.39, 0.29) is 11.9 Å². The molecule has 1 aliphatic heterocycles. The number of rotatable bonds is 4. The van der Waals surface area contributed by atoms with E-state index in [1.54, 1.807) is 30.6 Å². The molecule has 0 amide bonds. The fourth-order valence-electron chi connectivity index (χ4n) is 2.94. The summed E-state index contributed by atoms with van der Waals surface area (Å²) < 4.78 is 11.9. The van der Waals surface area contributed by atoms with Crippen molar-refractivity contribution < 1.29 is 14.1 Å². The Hall–Kier alpha value is -3.07. The Bertz CT molecular complexity index is 913. The summed E-state index contributed by atoms with van der Waals surface area (Å²) in [5.41, 5.74) is 1.07. The van der Waals surface area contributed by atoms with Crippen molar-refractivity contribution in [2.45, 2.75) is 18.9 Å². The second-order valence-corrected chi connectivity index (χ2v) is 6.04. The van der Waals surface area contributed by atoms with Crippen molar-refractivity contribution in [3.63, 3.8) is 0 Å². The number of hydrogen-bond acceptors (Lipinski definition) is 8. The number of nitrogens with zero attached hydrogens (tertiary/aromatic N) is 5. The topological polar surface area (TPSA) is 108 Å². The van der Waals surface area contributed by atoms with Crippen LogP contribution in [-0.4, -0.2) is 51.1 Å². The van der Waals surface area contributed by atoms with Gasteiger partial charge in [-0.25, -0.2) is 14.5 Å². The summed E-state index contributed by atoms with van der Waals surface area (Å²) >= 11 is 0. The summed E-state index contributed by atoms with van der Waals surface area (Å²) in [6.45, 7) is 1.91. The molecule has 2 aromatic heterocycles. The average molecular weight is 354 g/mol. The Labute approximate surface area is 149 Å². The van der Waals surface area contributed by atoms with Gasteiger partial charge in [0.15, 0.2) is 0 Å². The molecule has 1 aromatic carbocycles. The molecule has 0 bridgehead atoms. The van der Waals surface area contributed by atoms with Gasteiger partial charge in [-0.05, 0) is 31.5 Å². The highest BCUT2D eigenvalue weighted by atomic mass is 16.5. The van der Waals surface area contributed by atoms with E-state index < -0.39 is 5.97 Å². The fraction of sp³-hybridized carbons (Fsp3) is 0.353. The molecule has 1 fully saturated rings. The fourth-order valence-corrected chi connectivity index (χ4v) is 2.94. The zero-order valence-electron chi connectivity index (χ0n) is 14.3. The minimum absolute atomic E-state index is 0.242. The largest absolute Gasteiger partial charge is 0.465 e. The molecule has 0 radical (unpaired) electrons. The number of methoxy groups -OCH3 is 1. The molecule has 3 aromatic rings. The van der Waals surface area contributed by atoms with E-state index in [0.29, 0.717) is 22.8 Å². The van der Waals surface area contributed by atoms with Gasteiger partial charge in [-0.1, -0.05) is 17.3 Å². The SMILES string of the molecule is COC(=O)c1cccc(-c2noc(-c3ncn(C4CCCNC4)n3)n2)c1. The third kappa shape index (κ3) is 3.21. The Balaban J connectivity index is 1.57. The average Bonchev–Trinajstić information content (AvgIpc) is 3.37. The van der Waals surface area contributed by atoms with Crippen molar-refractivity contribution in [1.82, 2.24) is 30.2 Å². The lowest BCUT2D eigenvalue weighted by Gasteiger charge is -2.22. The normalized spacial score (nSPS) is 17.2. The van der Waals surface area contributed by atoms with Gasteiger partial charge in [0.05, 0.1) is 18.7 Å². The first kappa shape index (κ1) is 16.4. The Morgan fingerprint density at radius 2 is 2.31 bits per heavy atom. The maximum Gasteiger partial charge on any atom is 0.337 e. The summed E-state index contributed by atoms with van der Waals surface area (Å²) in [4.78, 5) is 20.3. The monoisotopic (exact) mass is 354 g/mol. The van der Waals surface area contributed by atoms with E-state index in [0.717, 1.165) is 25.9 Å². The van der Waals surface area contributed by atoms with Gasteiger partial charge >= 0.3 is 5.97 Å². The third-order valence-electron chi connectivity index (χ3n) is 4.31. The predicted octanol–water partition coefficient (Wildman–Crippen LogP) is 1.71. The molecule has 4 rings (SSSR count). The Morgan fingerprint density at radius 1 is 1.38 bits per heavy atom. The maximum atomic E-state index is 11.7. The molecule has 1 atom stereocenters. The number of carbonyl (C=O) groups is 1. The zero-order valence-corrected chi connectivity index (χ0v) is 14.3. The molecular formula is C17H18N6O3. The second kappa shape index (κ2) is 7.04. The van der Waals surface area contributed by atoms with Crippen LogP contribution in [0.5, 0.6) is 0 Å². The molecule has 0 aliphatic carbocycles. The van der Waals surface area contributed by atoms with Gasteiger partial charge in [0.1, 0.15) is 6.33 Å². The smallest absolute Gasteiger partial charge is 0.337 e. The van der Waals surface area contributed by atoms with Crippen LogP contribution in [0.3, 0.4) is 0 Å². The van der Waals surface area contributed by atoms with Crippen molar-refractivity contribution in [2.75, 3.05) is 20.2 Å². The Morgan fingerprint density at radius 3 is 3.12 bits per heavy atom. The molecular weight excluding hydrogens is 336 g/mol. The maximum absolute atomic E-state index is 11.7. The van der Waals surface area contributed by atoms with E-state index in [4.69, 9.17) is 9.26 Å². The van der Waals surface area contributed by atoms with Crippen molar-refractivity contribution in [1.29, 1.82) is 0 Å². The van der Waals surface area contributed by atoms with E-state index in [1.165, 1.54) is 7.11 Å². The lowest BCUT2D eigenvalue weighted by molar-refractivity contribution is 0.0601. The lowest BCUT2D eigenvalue weighted by Crippen LogP contribution is -2.31. The van der Waals surface area contributed by atoms with Gasteiger partial charge < -0.3 is 14.6 Å². The first-order valence-electron chi connectivity index (χ1n) is 8.39. The molecule has 1 N–H and O–H groups in total. The number of ether oxygens (including phenoxy) is 1. The molecule has 26 heavy (non-hydrogen) atoms. The Kier molecular flexibility index (Phi) is 4.44. The van der Waals surface area contributed by atoms with Crippen LogP contribution >= 0.6 is 0 Å². The summed E-state index contributed by atoms with van der Waals surface area (Å²) in [5.74, 6) is 0.572. The molecule has 1 saturated heterocycles. The van der Waals surface area contributed by atoms with Crippen LogP contribution in [-0.2, 0) is 4.74 Å². The van der Waals surface area contributed by atoms with E-state index in [2.05, 4.69) is 25.5 Å². The summed E-state index contributed by atoms with van der Waals surface area (Å²) in [6, 6.07) is 7.13. The first-order chi connectivity index (χ1) is 12.7. The van der Waals surface area contributed by atoms with E-state index in [9.17, 15) is 4.79 Å². The van der Waals surface area contributed by atoms with Crippen LogP contribution < -0.4 is 5.32 Å². The molecule has 134 valence electrons. The standard InChI is InChI=1S/C17H18N6O3/c1-25-17(24)12-5-2-4-11(8-12)14-20-16(26-22-14)15-19-10-23(21-15)13-6-3-7-18-9-13/h2,4-5,8,10,13,18H,3,6-7,9H2,1H3. The quantitative estimate of drug-likeness (QED) is 0.706. The van der Waals surface area contributed by atoms with Gasteiger partial charge in [0.2, 0.25) is 11.6 Å². The highest BCUT2D eigenvalue weighted by molar-refractivity contribution is 5.90. The number of piperidine rings is 1. The second-order valence-electron chi connectivity index (χ2n) is 6.04. The van der Waals surface area contributed by atoms with Crippen LogP contribution in [0.2, 0.25) is 0 Å². The van der Waals surface area contributed by atoms with E-state index in [1.807, 2.05) is 4.68 Å². The number of carbonyl (C=O) groups excluding carboxylic acids is 1.